The Labute approximate surface area is 145 Å². The summed E-state index contributed by atoms with van der Waals surface area (Å²) in [4.78, 5) is 29.7. The van der Waals surface area contributed by atoms with Crippen LogP contribution in [-0.2, 0) is 14.3 Å². The summed E-state index contributed by atoms with van der Waals surface area (Å²) < 4.78 is 5.77. The van der Waals surface area contributed by atoms with Gasteiger partial charge in [-0.2, -0.15) is 0 Å². The molecule has 0 radical (unpaired) electrons. The van der Waals surface area contributed by atoms with Crippen molar-refractivity contribution >= 4 is 11.8 Å². The molecule has 0 bridgehead atoms. The number of carbonyl (C=O) groups is 2. The van der Waals surface area contributed by atoms with Crippen molar-refractivity contribution in [2.24, 2.45) is 11.8 Å². The third-order valence-electron chi connectivity index (χ3n) is 5.95. The lowest BCUT2D eigenvalue weighted by Crippen LogP contribution is -2.47. The summed E-state index contributed by atoms with van der Waals surface area (Å²) in [6.07, 6.45) is 9.61. The number of rotatable bonds is 4. The van der Waals surface area contributed by atoms with Gasteiger partial charge in [0.15, 0.2) is 0 Å². The van der Waals surface area contributed by atoms with E-state index in [2.05, 4.69) is 0 Å². The van der Waals surface area contributed by atoms with Gasteiger partial charge >= 0.3 is 0 Å². The first kappa shape index (κ1) is 17.7. The Morgan fingerprint density at radius 2 is 1.62 bits per heavy atom. The number of ether oxygens (including phenoxy) is 1. The van der Waals surface area contributed by atoms with Gasteiger partial charge < -0.3 is 14.5 Å². The van der Waals surface area contributed by atoms with Crippen molar-refractivity contribution < 1.29 is 14.3 Å². The molecule has 0 unspecified atom stereocenters. The second kappa shape index (κ2) is 8.32. The first-order valence-electron chi connectivity index (χ1n) is 9.82. The van der Waals surface area contributed by atoms with Gasteiger partial charge in [-0.1, -0.05) is 12.8 Å². The summed E-state index contributed by atoms with van der Waals surface area (Å²) in [5, 5.41) is 0. The van der Waals surface area contributed by atoms with Crippen LogP contribution in [0, 0.1) is 11.8 Å². The molecular weight excluding hydrogens is 304 g/mol. The molecule has 5 nitrogen and oxygen atoms in total. The van der Waals surface area contributed by atoms with Crippen LogP contribution in [0.5, 0.6) is 0 Å². The highest BCUT2D eigenvalue weighted by Gasteiger charge is 2.39. The molecule has 5 heteroatoms. The average Bonchev–Trinajstić information content (AvgIpc) is 3.16. The van der Waals surface area contributed by atoms with Gasteiger partial charge in [0.25, 0.3) is 0 Å². The van der Waals surface area contributed by atoms with Gasteiger partial charge in [-0.3, -0.25) is 9.59 Å². The zero-order chi connectivity index (χ0) is 16.9. The van der Waals surface area contributed by atoms with E-state index in [1.54, 1.807) is 0 Å². The molecule has 136 valence electrons. The second-order valence-electron chi connectivity index (χ2n) is 7.74. The van der Waals surface area contributed by atoms with Crippen LogP contribution >= 0.6 is 0 Å². The minimum atomic E-state index is -0.125. The van der Waals surface area contributed by atoms with Crippen molar-refractivity contribution in [1.82, 2.24) is 9.80 Å². The number of hydrogen-bond donors (Lipinski definition) is 0. The largest absolute Gasteiger partial charge is 0.376 e. The summed E-state index contributed by atoms with van der Waals surface area (Å²) in [6, 6.07) is 0. The lowest BCUT2D eigenvalue weighted by molar-refractivity contribution is -0.148. The predicted molar refractivity (Wildman–Crippen MR) is 92.5 cm³/mol. The van der Waals surface area contributed by atoms with Gasteiger partial charge in [-0.05, 0) is 44.9 Å². The molecule has 2 aliphatic heterocycles. The Morgan fingerprint density at radius 1 is 0.958 bits per heavy atom. The van der Waals surface area contributed by atoms with Crippen LogP contribution in [0.3, 0.4) is 0 Å². The topological polar surface area (TPSA) is 49.9 Å². The summed E-state index contributed by atoms with van der Waals surface area (Å²) in [7, 11) is 1.88. The van der Waals surface area contributed by atoms with Gasteiger partial charge in [0, 0.05) is 45.1 Å². The van der Waals surface area contributed by atoms with Crippen molar-refractivity contribution in [3.63, 3.8) is 0 Å². The molecule has 0 N–H and O–H groups in total. The molecule has 3 aliphatic rings. The Balaban J connectivity index is 1.60. The molecule has 3 fully saturated rings. The van der Waals surface area contributed by atoms with Crippen LogP contribution in [-0.4, -0.2) is 61.0 Å². The van der Waals surface area contributed by atoms with Gasteiger partial charge in [0.2, 0.25) is 11.8 Å². The third-order valence-corrected chi connectivity index (χ3v) is 5.95. The molecule has 0 aromatic carbocycles. The zero-order valence-electron chi connectivity index (χ0n) is 15.0. The average molecular weight is 336 g/mol. The van der Waals surface area contributed by atoms with Crippen LogP contribution < -0.4 is 0 Å². The third kappa shape index (κ3) is 4.11. The zero-order valence-corrected chi connectivity index (χ0v) is 15.0. The van der Waals surface area contributed by atoms with Crippen molar-refractivity contribution in [2.45, 2.75) is 63.9 Å². The minimum absolute atomic E-state index is 0.0981. The maximum Gasteiger partial charge on any atom is 0.226 e. The molecule has 1 aliphatic carbocycles. The van der Waals surface area contributed by atoms with E-state index in [9.17, 15) is 9.59 Å². The second-order valence-corrected chi connectivity index (χ2v) is 7.74. The fraction of sp³-hybridized carbons (Fsp3) is 0.895. The van der Waals surface area contributed by atoms with Crippen LogP contribution in [0.25, 0.3) is 0 Å². The Morgan fingerprint density at radius 3 is 2.29 bits per heavy atom. The van der Waals surface area contributed by atoms with E-state index in [-0.39, 0.29) is 29.8 Å². The lowest BCUT2D eigenvalue weighted by atomic mass is 9.77. The number of nitrogens with zero attached hydrogens (tertiary/aromatic N) is 2. The quantitative estimate of drug-likeness (QED) is 0.792. The van der Waals surface area contributed by atoms with E-state index in [0.29, 0.717) is 6.54 Å². The Kier molecular flexibility index (Phi) is 6.14. The molecule has 0 spiro atoms. The van der Waals surface area contributed by atoms with Crippen LogP contribution in [0.15, 0.2) is 0 Å². The standard InChI is InChI=1S/C19H32N2O3/c1-20(14-15-8-4-7-13-24-15)18(22)16-9-2-3-10-17(16)19(23)21-11-5-6-12-21/h15-17H,2-14H2,1H3/t15-,16-,17+/m0/s1. The summed E-state index contributed by atoms with van der Waals surface area (Å²) >= 11 is 0. The van der Waals surface area contributed by atoms with Gasteiger partial charge in [0.1, 0.15) is 0 Å². The van der Waals surface area contributed by atoms with E-state index in [1.165, 1.54) is 6.42 Å². The molecule has 2 saturated heterocycles. The van der Waals surface area contributed by atoms with Crippen LogP contribution in [0.1, 0.15) is 57.8 Å². The number of likely N-dealkylation sites (N-methyl/N-ethyl adjacent to an activating group) is 1. The molecular formula is C19H32N2O3. The molecule has 2 heterocycles. The van der Waals surface area contributed by atoms with E-state index in [1.807, 2.05) is 16.8 Å². The number of carbonyl (C=O) groups excluding carboxylic acids is 2. The van der Waals surface area contributed by atoms with E-state index in [0.717, 1.165) is 71.1 Å². The molecule has 0 aromatic heterocycles. The SMILES string of the molecule is CN(C[C@@H]1CCCCO1)C(=O)[C@H]1CCCC[C@H]1C(=O)N1CCCC1. The van der Waals surface area contributed by atoms with E-state index < -0.39 is 0 Å². The van der Waals surface area contributed by atoms with Crippen molar-refractivity contribution in [1.29, 1.82) is 0 Å². The van der Waals surface area contributed by atoms with Crippen molar-refractivity contribution in [2.75, 3.05) is 33.3 Å². The summed E-state index contributed by atoms with van der Waals surface area (Å²) in [5.74, 6) is 0.161. The highest BCUT2D eigenvalue weighted by atomic mass is 16.5. The van der Waals surface area contributed by atoms with Gasteiger partial charge in [0.05, 0.1) is 6.10 Å². The first-order valence-corrected chi connectivity index (χ1v) is 9.82. The van der Waals surface area contributed by atoms with E-state index >= 15 is 0 Å². The molecule has 3 rings (SSSR count). The normalized spacial score (nSPS) is 31.0. The minimum Gasteiger partial charge on any atom is -0.376 e. The molecule has 0 aromatic rings. The van der Waals surface area contributed by atoms with E-state index in [4.69, 9.17) is 4.74 Å². The highest BCUT2D eigenvalue weighted by molar-refractivity contribution is 5.88. The number of hydrogen-bond acceptors (Lipinski definition) is 3. The highest BCUT2D eigenvalue weighted by Crippen LogP contribution is 2.33. The van der Waals surface area contributed by atoms with Crippen LogP contribution in [0.4, 0.5) is 0 Å². The monoisotopic (exact) mass is 336 g/mol. The lowest BCUT2D eigenvalue weighted by Gasteiger charge is -2.36. The smallest absolute Gasteiger partial charge is 0.226 e. The van der Waals surface area contributed by atoms with Crippen molar-refractivity contribution in [3.05, 3.63) is 0 Å². The predicted octanol–water partition coefficient (Wildman–Crippen LogP) is 2.44. The fourth-order valence-electron chi connectivity index (χ4n) is 4.52. The number of likely N-dealkylation sites (tertiary alicyclic amines) is 1. The molecule has 3 atom stereocenters. The maximum absolute atomic E-state index is 13.0. The van der Waals surface area contributed by atoms with Crippen LogP contribution in [0.2, 0.25) is 0 Å². The molecule has 2 amide bonds. The van der Waals surface area contributed by atoms with Crippen molar-refractivity contribution in [3.8, 4) is 0 Å². The maximum atomic E-state index is 13.0. The Bertz CT molecular complexity index is 442. The molecule has 24 heavy (non-hydrogen) atoms. The summed E-state index contributed by atoms with van der Waals surface area (Å²) in [5.41, 5.74) is 0. The van der Waals surface area contributed by atoms with Gasteiger partial charge in [-0.25, -0.2) is 0 Å². The van der Waals surface area contributed by atoms with Gasteiger partial charge in [-0.15, -0.1) is 0 Å². The molecule has 1 saturated carbocycles. The number of amides is 2. The summed E-state index contributed by atoms with van der Waals surface area (Å²) in [6.45, 7) is 3.23. The fourth-order valence-corrected chi connectivity index (χ4v) is 4.52. The Hall–Kier alpha value is -1.10. The first-order chi connectivity index (χ1) is 11.7.